The third-order valence-electron chi connectivity index (χ3n) is 5.59. The van der Waals surface area contributed by atoms with Gasteiger partial charge >= 0.3 is 0 Å². The van der Waals surface area contributed by atoms with Crippen LogP contribution in [0, 0.1) is 5.41 Å². The van der Waals surface area contributed by atoms with Gasteiger partial charge in [0.05, 0.1) is 18.0 Å². The minimum Gasteiger partial charge on any atom is -0.472 e. The Morgan fingerprint density at radius 1 is 1.24 bits per heavy atom. The van der Waals surface area contributed by atoms with Crippen molar-refractivity contribution in [1.82, 2.24) is 20.2 Å². The maximum Gasteiger partial charge on any atom is 0.271 e. The number of nitrogens with zero attached hydrogens (tertiary/aromatic N) is 3. The van der Waals surface area contributed by atoms with E-state index in [1.807, 2.05) is 4.90 Å². The van der Waals surface area contributed by atoms with Gasteiger partial charge in [-0.15, -0.1) is 0 Å². The number of likely N-dealkylation sites (tertiary alicyclic amines) is 1. The van der Waals surface area contributed by atoms with Gasteiger partial charge in [0.1, 0.15) is 12.0 Å². The maximum atomic E-state index is 12.4. The zero-order valence-corrected chi connectivity index (χ0v) is 13.9. The quantitative estimate of drug-likeness (QED) is 0.922. The van der Waals surface area contributed by atoms with Crippen molar-refractivity contribution < 1.29 is 14.0 Å². The molecule has 2 fully saturated rings. The number of rotatable bonds is 3. The molecule has 0 aromatic carbocycles. The lowest BCUT2D eigenvalue weighted by Crippen LogP contribution is -2.59. The Kier molecular flexibility index (Phi) is 3.99. The first-order valence-corrected chi connectivity index (χ1v) is 8.56. The van der Waals surface area contributed by atoms with Crippen LogP contribution < -0.4 is 5.32 Å². The molecule has 1 saturated carbocycles. The number of carbonyl (C=O) groups is 2. The number of carbonyl (C=O) groups excluding carboxylic acids is 2. The Morgan fingerprint density at radius 2 is 2.08 bits per heavy atom. The molecule has 4 rings (SSSR count). The van der Waals surface area contributed by atoms with Crippen molar-refractivity contribution in [2.75, 3.05) is 13.1 Å². The van der Waals surface area contributed by atoms with Gasteiger partial charge in [0.15, 0.2) is 0 Å². The van der Waals surface area contributed by atoms with E-state index in [1.165, 1.54) is 24.9 Å². The predicted molar refractivity (Wildman–Crippen MR) is 88.8 cm³/mol. The fourth-order valence-electron chi connectivity index (χ4n) is 3.89. The Labute approximate surface area is 145 Å². The van der Waals surface area contributed by atoms with E-state index in [0.29, 0.717) is 24.3 Å². The second-order valence-corrected chi connectivity index (χ2v) is 6.82. The highest BCUT2D eigenvalue weighted by atomic mass is 16.3. The molecule has 1 aliphatic heterocycles. The molecular formula is C18H20N4O3. The fraction of sp³-hybridized carbons (Fsp3) is 0.444. The predicted octanol–water partition coefficient (Wildman–Crippen LogP) is 1.88. The van der Waals surface area contributed by atoms with Gasteiger partial charge in [0.25, 0.3) is 11.8 Å². The topological polar surface area (TPSA) is 88.3 Å². The number of piperidine rings is 1. The minimum absolute atomic E-state index is 0.0167. The lowest BCUT2D eigenvalue weighted by molar-refractivity contribution is -0.00242. The summed E-state index contributed by atoms with van der Waals surface area (Å²) < 4.78 is 5.00. The molecular weight excluding hydrogens is 320 g/mol. The molecule has 1 spiro atoms. The van der Waals surface area contributed by atoms with Gasteiger partial charge in [-0.25, -0.2) is 4.98 Å². The summed E-state index contributed by atoms with van der Waals surface area (Å²) in [5, 5.41) is 3.10. The Morgan fingerprint density at radius 3 is 2.68 bits per heavy atom. The molecule has 2 aromatic heterocycles. The third kappa shape index (κ3) is 2.90. The number of nitrogens with one attached hydrogen (secondary N) is 1. The van der Waals surface area contributed by atoms with Crippen LogP contribution in [0.25, 0.3) is 0 Å². The summed E-state index contributed by atoms with van der Waals surface area (Å²) in [7, 11) is 0. The van der Waals surface area contributed by atoms with Crippen molar-refractivity contribution in [1.29, 1.82) is 0 Å². The highest BCUT2D eigenvalue weighted by Gasteiger charge is 2.49. The SMILES string of the molecule is O=C(NC1CCC12CCN(C(=O)c1ccoc1)CC2)c1cnccn1. The molecule has 2 aromatic rings. The summed E-state index contributed by atoms with van der Waals surface area (Å²) in [4.78, 5) is 34.6. The van der Waals surface area contributed by atoms with Crippen LogP contribution in [-0.2, 0) is 0 Å². The summed E-state index contributed by atoms with van der Waals surface area (Å²) in [6.07, 6.45) is 11.4. The highest BCUT2D eigenvalue weighted by molar-refractivity contribution is 5.94. The highest BCUT2D eigenvalue weighted by Crippen LogP contribution is 2.49. The zero-order valence-electron chi connectivity index (χ0n) is 13.9. The second-order valence-electron chi connectivity index (χ2n) is 6.82. The average Bonchev–Trinajstić information content (AvgIpc) is 3.20. The number of aromatic nitrogens is 2. The van der Waals surface area contributed by atoms with Crippen molar-refractivity contribution in [3.05, 3.63) is 48.4 Å². The molecule has 130 valence electrons. The zero-order chi connectivity index (χ0) is 17.3. The second kappa shape index (κ2) is 6.31. The fourth-order valence-corrected chi connectivity index (χ4v) is 3.89. The maximum absolute atomic E-state index is 12.4. The van der Waals surface area contributed by atoms with E-state index < -0.39 is 0 Å². The third-order valence-corrected chi connectivity index (χ3v) is 5.59. The molecule has 2 amide bonds. The van der Waals surface area contributed by atoms with Crippen LogP contribution in [0.5, 0.6) is 0 Å². The van der Waals surface area contributed by atoms with Gasteiger partial charge in [-0.05, 0) is 37.2 Å². The average molecular weight is 340 g/mol. The minimum atomic E-state index is -0.172. The van der Waals surface area contributed by atoms with Crippen LogP contribution in [0.2, 0.25) is 0 Å². The number of hydrogen-bond donors (Lipinski definition) is 1. The van der Waals surface area contributed by atoms with E-state index in [1.54, 1.807) is 12.3 Å². The van der Waals surface area contributed by atoms with E-state index in [4.69, 9.17) is 4.42 Å². The smallest absolute Gasteiger partial charge is 0.271 e. The van der Waals surface area contributed by atoms with Gasteiger partial charge in [-0.1, -0.05) is 0 Å². The molecule has 2 aliphatic rings. The van der Waals surface area contributed by atoms with Crippen molar-refractivity contribution in [3.8, 4) is 0 Å². The first kappa shape index (κ1) is 15.8. The van der Waals surface area contributed by atoms with Crippen molar-refractivity contribution in [2.45, 2.75) is 31.7 Å². The Balaban J connectivity index is 1.36. The molecule has 25 heavy (non-hydrogen) atoms. The van der Waals surface area contributed by atoms with E-state index in [-0.39, 0.29) is 23.3 Å². The van der Waals surface area contributed by atoms with Gasteiger partial charge < -0.3 is 14.6 Å². The van der Waals surface area contributed by atoms with E-state index in [0.717, 1.165) is 25.7 Å². The summed E-state index contributed by atoms with van der Waals surface area (Å²) in [5.74, 6) is -0.155. The molecule has 1 atom stereocenters. The van der Waals surface area contributed by atoms with Crippen LogP contribution in [0.15, 0.2) is 41.6 Å². The van der Waals surface area contributed by atoms with E-state index in [9.17, 15) is 9.59 Å². The van der Waals surface area contributed by atoms with Gasteiger partial charge in [0.2, 0.25) is 0 Å². The lowest BCUT2D eigenvalue weighted by atomic mass is 9.59. The summed E-state index contributed by atoms with van der Waals surface area (Å²) in [6.45, 7) is 1.42. The van der Waals surface area contributed by atoms with E-state index in [2.05, 4.69) is 15.3 Å². The van der Waals surface area contributed by atoms with Gasteiger partial charge in [-0.3, -0.25) is 14.6 Å². The first-order chi connectivity index (χ1) is 12.2. The number of hydrogen-bond acceptors (Lipinski definition) is 5. The molecule has 0 radical (unpaired) electrons. The molecule has 1 saturated heterocycles. The van der Waals surface area contributed by atoms with Crippen LogP contribution in [0.4, 0.5) is 0 Å². The van der Waals surface area contributed by atoms with Gasteiger partial charge in [-0.2, -0.15) is 0 Å². The van der Waals surface area contributed by atoms with Crippen molar-refractivity contribution in [3.63, 3.8) is 0 Å². The standard InChI is InChI=1S/C18H20N4O3/c23-16(14-11-19-6-7-20-14)21-15-1-3-18(15)4-8-22(9-5-18)17(24)13-2-10-25-12-13/h2,6-7,10-12,15H,1,3-5,8-9H2,(H,21,23). The Hall–Kier alpha value is -2.70. The molecule has 1 N–H and O–H groups in total. The van der Waals surface area contributed by atoms with Crippen LogP contribution in [0.3, 0.4) is 0 Å². The number of amides is 2. The molecule has 7 heteroatoms. The Bertz CT molecular complexity index is 752. The molecule has 1 unspecified atom stereocenters. The normalized spacial score (nSPS) is 21.6. The first-order valence-electron chi connectivity index (χ1n) is 8.56. The molecule has 1 aliphatic carbocycles. The largest absolute Gasteiger partial charge is 0.472 e. The molecule has 3 heterocycles. The van der Waals surface area contributed by atoms with Crippen LogP contribution in [-0.4, -0.2) is 45.8 Å². The summed E-state index contributed by atoms with van der Waals surface area (Å²) in [6, 6.07) is 1.84. The monoisotopic (exact) mass is 340 g/mol. The molecule has 7 nitrogen and oxygen atoms in total. The summed E-state index contributed by atoms with van der Waals surface area (Å²) in [5.41, 5.74) is 1.04. The van der Waals surface area contributed by atoms with Crippen LogP contribution >= 0.6 is 0 Å². The lowest BCUT2D eigenvalue weighted by Gasteiger charge is -2.54. The summed E-state index contributed by atoms with van der Waals surface area (Å²) >= 11 is 0. The van der Waals surface area contributed by atoms with Gasteiger partial charge in [0, 0.05) is 31.5 Å². The molecule has 0 bridgehead atoms. The van der Waals surface area contributed by atoms with Crippen LogP contribution in [0.1, 0.15) is 46.5 Å². The van der Waals surface area contributed by atoms with Crippen molar-refractivity contribution in [2.24, 2.45) is 5.41 Å². The van der Waals surface area contributed by atoms with Crippen molar-refractivity contribution >= 4 is 11.8 Å². The van der Waals surface area contributed by atoms with E-state index >= 15 is 0 Å². The number of furan rings is 1.